The van der Waals surface area contributed by atoms with Crippen LogP contribution in [0.15, 0.2) is 140 Å². The standard InChI is InChI=1S/C69H86N2/c1-45-35-58(68(16,17)18)56(48-29-24-22-25-30-48)43-62(45)70(54-39-50(64(4,5)6)37-51(40-54)65(7,8)9)60-33-28-34-61(47(60)3)71(55-41-52(66(10,11)12)38-53(42-55)67(13,14)15)63-44-57(49-31-26-23-27-32-49)59(36-46(63)2)69(19,20)21/h22-44H,1-21H3. The zero-order valence-corrected chi connectivity index (χ0v) is 47.7. The summed E-state index contributed by atoms with van der Waals surface area (Å²) >= 11 is 0. The van der Waals surface area contributed by atoms with Crippen molar-refractivity contribution in [3.05, 3.63) is 190 Å². The van der Waals surface area contributed by atoms with Crippen molar-refractivity contribution in [2.24, 2.45) is 0 Å². The van der Waals surface area contributed by atoms with Gasteiger partial charge in [0.1, 0.15) is 0 Å². The average Bonchev–Trinajstić information content (AvgIpc) is 3.27. The zero-order valence-electron chi connectivity index (χ0n) is 47.7. The van der Waals surface area contributed by atoms with Gasteiger partial charge in [-0.15, -0.1) is 0 Å². The summed E-state index contributed by atoms with van der Waals surface area (Å²) in [4.78, 5) is 5.18. The number of benzene rings is 7. The molecule has 0 radical (unpaired) electrons. The molecule has 0 spiro atoms. The maximum atomic E-state index is 2.59. The molecule has 0 aliphatic heterocycles. The van der Waals surface area contributed by atoms with Crippen LogP contribution in [0.5, 0.6) is 0 Å². The summed E-state index contributed by atoms with van der Waals surface area (Å²) in [5.74, 6) is 0. The molecule has 0 amide bonds. The van der Waals surface area contributed by atoms with Crippen LogP contribution in [0, 0.1) is 20.8 Å². The molecule has 0 unspecified atom stereocenters. The van der Waals surface area contributed by atoms with E-state index in [1.165, 1.54) is 95.1 Å². The van der Waals surface area contributed by atoms with Crippen molar-refractivity contribution in [1.82, 2.24) is 0 Å². The minimum Gasteiger partial charge on any atom is -0.310 e. The van der Waals surface area contributed by atoms with Crippen molar-refractivity contribution >= 4 is 34.1 Å². The predicted octanol–water partition coefficient (Wildman–Crippen LogP) is 20.7. The van der Waals surface area contributed by atoms with Crippen molar-refractivity contribution < 1.29 is 0 Å². The molecule has 0 aliphatic rings. The minimum atomic E-state index is -0.0776. The summed E-state index contributed by atoms with van der Waals surface area (Å²) in [6.45, 7) is 49.2. The molecule has 2 heteroatoms. The molecule has 0 heterocycles. The maximum absolute atomic E-state index is 2.59. The molecule has 7 rings (SSSR count). The van der Waals surface area contributed by atoms with Crippen LogP contribution in [-0.2, 0) is 32.5 Å². The molecular weight excluding hydrogens is 857 g/mol. The lowest BCUT2D eigenvalue weighted by molar-refractivity contribution is 0.568. The smallest absolute Gasteiger partial charge is 0.0511 e. The van der Waals surface area contributed by atoms with Gasteiger partial charge >= 0.3 is 0 Å². The van der Waals surface area contributed by atoms with E-state index in [0.29, 0.717) is 0 Å². The Balaban J connectivity index is 1.65. The Labute approximate surface area is 431 Å². The van der Waals surface area contributed by atoms with Crippen LogP contribution in [-0.4, -0.2) is 0 Å². The molecule has 0 aliphatic carbocycles. The van der Waals surface area contributed by atoms with Crippen LogP contribution in [0.25, 0.3) is 22.3 Å². The Bertz CT molecular complexity index is 2760. The van der Waals surface area contributed by atoms with Crippen LogP contribution in [0.4, 0.5) is 34.1 Å². The summed E-state index contributed by atoms with van der Waals surface area (Å²) in [6, 6.07) is 53.6. The van der Waals surface area contributed by atoms with Gasteiger partial charge in [0.2, 0.25) is 0 Å². The van der Waals surface area contributed by atoms with Gasteiger partial charge in [-0.3, -0.25) is 0 Å². The molecule has 0 aromatic heterocycles. The second kappa shape index (κ2) is 19.0. The van der Waals surface area contributed by atoms with E-state index in [9.17, 15) is 0 Å². The van der Waals surface area contributed by atoms with E-state index in [-0.39, 0.29) is 32.5 Å². The van der Waals surface area contributed by atoms with Gasteiger partial charge in [-0.25, -0.2) is 0 Å². The monoisotopic (exact) mass is 943 g/mol. The third-order valence-corrected chi connectivity index (χ3v) is 14.5. The molecule has 0 saturated carbocycles. The highest BCUT2D eigenvalue weighted by Gasteiger charge is 2.31. The van der Waals surface area contributed by atoms with Gasteiger partial charge in [-0.1, -0.05) is 216 Å². The molecule has 7 aromatic carbocycles. The lowest BCUT2D eigenvalue weighted by Gasteiger charge is -2.37. The van der Waals surface area contributed by atoms with Crippen molar-refractivity contribution in [2.75, 3.05) is 9.80 Å². The minimum absolute atomic E-state index is 0.0757. The summed E-state index contributed by atoms with van der Waals surface area (Å²) in [7, 11) is 0. The Morgan fingerprint density at radius 2 is 0.577 bits per heavy atom. The largest absolute Gasteiger partial charge is 0.310 e. The SMILES string of the molecule is Cc1cc(C(C)(C)C)c(-c2ccccc2)cc1N(c1cc(C(C)(C)C)cc(C(C)(C)C)c1)c1cccc(N(c2cc(C(C)(C)C)cc(C(C)(C)C)c2)c2cc(-c3ccccc3)c(C(C)(C)C)cc2C)c1C. The van der Waals surface area contributed by atoms with Gasteiger partial charge in [0.05, 0.1) is 11.4 Å². The number of nitrogens with zero attached hydrogens (tertiary/aromatic N) is 2. The molecule has 0 atom stereocenters. The lowest BCUT2D eigenvalue weighted by Crippen LogP contribution is -2.22. The van der Waals surface area contributed by atoms with E-state index in [2.05, 4.69) is 295 Å². The highest BCUT2D eigenvalue weighted by molar-refractivity contribution is 5.91. The summed E-state index contributed by atoms with van der Waals surface area (Å²) in [6.07, 6.45) is 0. The van der Waals surface area contributed by atoms with E-state index in [0.717, 1.165) is 11.4 Å². The van der Waals surface area contributed by atoms with E-state index < -0.39 is 0 Å². The third-order valence-electron chi connectivity index (χ3n) is 14.5. The fraction of sp³-hybridized carbons (Fsp3) is 0.391. The first-order valence-corrected chi connectivity index (χ1v) is 26.2. The van der Waals surface area contributed by atoms with Crippen LogP contribution in [0.2, 0.25) is 0 Å². The molecular formula is C69H86N2. The average molecular weight is 943 g/mol. The lowest BCUT2D eigenvalue weighted by atomic mass is 9.79. The molecule has 2 nitrogen and oxygen atoms in total. The maximum Gasteiger partial charge on any atom is 0.0511 e. The van der Waals surface area contributed by atoms with Crippen LogP contribution in [0.1, 0.15) is 175 Å². The van der Waals surface area contributed by atoms with Crippen molar-refractivity contribution in [1.29, 1.82) is 0 Å². The number of anilines is 6. The van der Waals surface area contributed by atoms with Crippen molar-refractivity contribution in [2.45, 2.75) is 178 Å². The van der Waals surface area contributed by atoms with Crippen molar-refractivity contribution in [3.63, 3.8) is 0 Å². The molecule has 71 heavy (non-hydrogen) atoms. The molecule has 0 saturated heterocycles. The highest BCUT2D eigenvalue weighted by atomic mass is 15.2. The van der Waals surface area contributed by atoms with Gasteiger partial charge in [-0.2, -0.15) is 0 Å². The first-order chi connectivity index (χ1) is 32.7. The Kier molecular flexibility index (Phi) is 14.1. The van der Waals surface area contributed by atoms with E-state index >= 15 is 0 Å². The van der Waals surface area contributed by atoms with Gasteiger partial charge in [0, 0.05) is 22.7 Å². The van der Waals surface area contributed by atoms with Crippen LogP contribution >= 0.6 is 0 Å². The first-order valence-electron chi connectivity index (χ1n) is 26.2. The summed E-state index contributed by atoms with van der Waals surface area (Å²) in [5, 5.41) is 0. The summed E-state index contributed by atoms with van der Waals surface area (Å²) < 4.78 is 0. The van der Waals surface area contributed by atoms with Gasteiger partial charge < -0.3 is 9.80 Å². The van der Waals surface area contributed by atoms with Gasteiger partial charge in [-0.05, 0) is 174 Å². The van der Waals surface area contributed by atoms with E-state index in [1.54, 1.807) is 0 Å². The van der Waals surface area contributed by atoms with E-state index in [1.807, 2.05) is 0 Å². The topological polar surface area (TPSA) is 6.48 Å². The normalized spacial score (nSPS) is 12.9. The number of hydrogen-bond donors (Lipinski definition) is 0. The molecule has 0 bridgehead atoms. The molecule has 0 fully saturated rings. The molecule has 0 N–H and O–H groups in total. The van der Waals surface area contributed by atoms with E-state index in [4.69, 9.17) is 0 Å². The van der Waals surface area contributed by atoms with Gasteiger partial charge in [0.25, 0.3) is 0 Å². The number of aryl methyl sites for hydroxylation is 2. The summed E-state index contributed by atoms with van der Waals surface area (Å²) in [5.41, 5.74) is 23.2. The predicted molar refractivity (Wildman–Crippen MR) is 313 cm³/mol. The number of hydrogen-bond acceptors (Lipinski definition) is 2. The zero-order chi connectivity index (χ0) is 52.4. The van der Waals surface area contributed by atoms with Crippen molar-refractivity contribution in [3.8, 4) is 22.3 Å². The Hall–Kier alpha value is -5.86. The highest BCUT2D eigenvalue weighted by Crippen LogP contribution is 2.51. The molecule has 7 aromatic rings. The Morgan fingerprint density at radius 1 is 0.282 bits per heavy atom. The number of rotatable bonds is 8. The van der Waals surface area contributed by atoms with Gasteiger partial charge in [0.15, 0.2) is 0 Å². The first kappa shape index (κ1) is 53.0. The Morgan fingerprint density at radius 3 is 0.845 bits per heavy atom. The second-order valence-corrected chi connectivity index (χ2v) is 26.7. The second-order valence-electron chi connectivity index (χ2n) is 26.7. The fourth-order valence-corrected chi connectivity index (χ4v) is 9.95. The fourth-order valence-electron chi connectivity index (χ4n) is 9.95. The van der Waals surface area contributed by atoms with Crippen LogP contribution < -0.4 is 9.80 Å². The van der Waals surface area contributed by atoms with Crippen LogP contribution in [0.3, 0.4) is 0 Å². The third kappa shape index (κ3) is 11.3. The molecule has 372 valence electrons. The quantitative estimate of drug-likeness (QED) is 0.150.